The van der Waals surface area contributed by atoms with Crippen molar-refractivity contribution in [2.45, 2.75) is 32.1 Å². The molecular formula is C12H20N2OS. The Labute approximate surface area is 100 Å². The Morgan fingerprint density at radius 1 is 1.44 bits per heavy atom. The van der Waals surface area contributed by atoms with Gasteiger partial charge in [-0.2, -0.15) is 0 Å². The molecule has 0 aliphatic rings. The van der Waals surface area contributed by atoms with Crippen LogP contribution in [-0.2, 0) is 17.3 Å². The first-order valence-electron chi connectivity index (χ1n) is 5.48. The molecule has 1 aromatic rings. The highest BCUT2D eigenvalue weighted by molar-refractivity contribution is 7.86. The van der Waals surface area contributed by atoms with Gasteiger partial charge in [-0.05, 0) is 32.4 Å². The molecule has 1 rings (SSSR count). The largest absolute Gasteiger partial charge is 0.312 e. The second-order valence-electron chi connectivity index (χ2n) is 4.70. The highest BCUT2D eigenvalue weighted by Gasteiger charge is 2.18. The Bertz CT molecular complexity index is 333. The lowest BCUT2D eigenvalue weighted by Crippen LogP contribution is -2.29. The maximum Gasteiger partial charge on any atom is 0.0375 e. The molecule has 3 nitrogen and oxygen atoms in total. The molecular weight excluding hydrogens is 220 g/mol. The first kappa shape index (κ1) is 13.3. The minimum Gasteiger partial charge on any atom is -0.312 e. The molecule has 1 N–H and O–H groups in total. The quantitative estimate of drug-likeness (QED) is 0.797. The smallest absolute Gasteiger partial charge is 0.0375 e. The molecule has 0 saturated carbocycles. The number of pyridine rings is 1. The second-order valence-corrected chi connectivity index (χ2v) is 7.02. The average Bonchev–Trinajstić information content (AvgIpc) is 2.24. The lowest BCUT2D eigenvalue weighted by Gasteiger charge is -2.17. The SMILES string of the molecule is CC(C)(C)S(=O)CCNCc1cccnc1. The van der Waals surface area contributed by atoms with E-state index in [-0.39, 0.29) is 4.75 Å². The molecule has 0 radical (unpaired) electrons. The van der Waals surface area contributed by atoms with Crippen molar-refractivity contribution in [3.05, 3.63) is 30.1 Å². The molecule has 16 heavy (non-hydrogen) atoms. The summed E-state index contributed by atoms with van der Waals surface area (Å²) in [7, 11) is -0.773. The second kappa shape index (κ2) is 6.11. The van der Waals surface area contributed by atoms with Gasteiger partial charge in [-0.3, -0.25) is 9.19 Å². The summed E-state index contributed by atoms with van der Waals surface area (Å²) >= 11 is 0. The van der Waals surface area contributed by atoms with Gasteiger partial charge < -0.3 is 5.32 Å². The van der Waals surface area contributed by atoms with Gasteiger partial charge in [-0.1, -0.05) is 6.07 Å². The molecule has 0 amide bonds. The summed E-state index contributed by atoms with van der Waals surface area (Å²) in [4.78, 5) is 4.04. The van der Waals surface area contributed by atoms with E-state index in [9.17, 15) is 4.21 Å². The third-order valence-electron chi connectivity index (χ3n) is 2.20. The summed E-state index contributed by atoms with van der Waals surface area (Å²) in [5.41, 5.74) is 1.16. The van der Waals surface area contributed by atoms with Gasteiger partial charge in [0.2, 0.25) is 0 Å². The minimum absolute atomic E-state index is 0.115. The van der Waals surface area contributed by atoms with Crippen molar-refractivity contribution in [1.29, 1.82) is 0 Å². The van der Waals surface area contributed by atoms with E-state index in [4.69, 9.17) is 0 Å². The van der Waals surface area contributed by atoms with Crippen LogP contribution in [-0.4, -0.2) is 26.2 Å². The minimum atomic E-state index is -0.773. The molecule has 1 heterocycles. The van der Waals surface area contributed by atoms with E-state index in [0.29, 0.717) is 5.75 Å². The van der Waals surface area contributed by atoms with Crippen LogP contribution in [0.4, 0.5) is 0 Å². The van der Waals surface area contributed by atoms with Crippen LogP contribution in [0.25, 0.3) is 0 Å². The fraction of sp³-hybridized carbons (Fsp3) is 0.583. The zero-order valence-electron chi connectivity index (χ0n) is 10.2. The van der Waals surface area contributed by atoms with Gasteiger partial charge in [-0.25, -0.2) is 0 Å². The Morgan fingerprint density at radius 2 is 2.19 bits per heavy atom. The van der Waals surface area contributed by atoms with Gasteiger partial charge in [-0.15, -0.1) is 0 Å². The van der Waals surface area contributed by atoms with Crippen LogP contribution in [0, 0.1) is 0 Å². The summed E-state index contributed by atoms with van der Waals surface area (Å²) in [6.45, 7) is 7.58. The molecule has 0 fully saturated rings. The Morgan fingerprint density at radius 3 is 2.75 bits per heavy atom. The summed E-state index contributed by atoms with van der Waals surface area (Å²) in [5.74, 6) is 0.698. The molecule has 4 heteroatoms. The van der Waals surface area contributed by atoms with Gasteiger partial charge in [0.25, 0.3) is 0 Å². The molecule has 90 valence electrons. The number of nitrogens with one attached hydrogen (secondary N) is 1. The molecule has 0 aliphatic carbocycles. The van der Waals surface area contributed by atoms with Crippen molar-refractivity contribution in [2.75, 3.05) is 12.3 Å². The van der Waals surface area contributed by atoms with Gasteiger partial charge >= 0.3 is 0 Å². The average molecular weight is 240 g/mol. The van der Waals surface area contributed by atoms with Crippen molar-refractivity contribution >= 4 is 10.8 Å². The number of aromatic nitrogens is 1. The van der Waals surface area contributed by atoms with Gasteiger partial charge in [0.15, 0.2) is 0 Å². The Hall–Kier alpha value is -0.740. The molecule has 0 spiro atoms. The van der Waals surface area contributed by atoms with Crippen LogP contribution in [0.1, 0.15) is 26.3 Å². The molecule has 1 aromatic heterocycles. The van der Waals surface area contributed by atoms with E-state index in [1.54, 1.807) is 6.20 Å². The molecule has 0 aliphatic heterocycles. The molecule has 1 atom stereocenters. The maximum absolute atomic E-state index is 11.7. The van der Waals surface area contributed by atoms with Crippen molar-refractivity contribution in [3.8, 4) is 0 Å². The zero-order chi connectivity index (χ0) is 12.0. The van der Waals surface area contributed by atoms with E-state index in [0.717, 1.165) is 18.7 Å². The summed E-state index contributed by atoms with van der Waals surface area (Å²) < 4.78 is 11.6. The fourth-order valence-electron chi connectivity index (χ4n) is 1.21. The first-order valence-corrected chi connectivity index (χ1v) is 6.80. The monoisotopic (exact) mass is 240 g/mol. The zero-order valence-corrected chi connectivity index (χ0v) is 11.0. The molecule has 0 saturated heterocycles. The van der Waals surface area contributed by atoms with Crippen molar-refractivity contribution < 1.29 is 4.21 Å². The topological polar surface area (TPSA) is 42.0 Å². The molecule has 1 unspecified atom stereocenters. The van der Waals surface area contributed by atoms with E-state index in [1.807, 2.05) is 39.1 Å². The fourth-order valence-corrected chi connectivity index (χ4v) is 2.15. The standard InChI is InChI=1S/C12H20N2OS/c1-12(2,3)16(15)8-7-14-10-11-5-4-6-13-9-11/h4-6,9,14H,7-8,10H2,1-3H3. The predicted molar refractivity (Wildman–Crippen MR) is 68.7 cm³/mol. The van der Waals surface area contributed by atoms with Crippen molar-refractivity contribution in [2.24, 2.45) is 0 Å². The normalized spacial score (nSPS) is 13.7. The lowest BCUT2D eigenvalue weighted by molar-refractivity contribution is 0.640. The summed E-state index contributed by atoms with van der Waals surface area (Å²) in [6, 6.07) is 3.95. The van der Waals surface area contributed by atoms with Gasteiger partial charge in [0.05, 0.1) is 0 Å². The van der Waals surface area contributed by atoms with Crippen LogP contribution < -0.4 is 5.32 Å². The van der Waals surface area contributed by atoms with E-state index >= 15 is 0 Å². The predicted octanol–water partition coefficient (Wildman–Crippen LogP) is 1.72. The third kappa shape index (κ3) is 4.86. The summed E-state index contributed by atoms with van der Waals surface area (Å²) in [5, 5.41) is 3.27. The maximum atomic E-state index is 11.7. The van der Waals surface area contributed by atoms with Crippen molar-refractivity contribution in [3.63, 3.8) is 0 Å². The van der Waals surface area contributed by atoms with Gasteiger partial charge in [0.1, 0.15) is 0 Å². The van der Waals surface area contributed by atoms with E-state index < -0.39 is 10.8 Å². The number of nitrogens with zero attached hydrogens (tertiary/aromatic N) is 1. The molecule has 0 bridgehead atoms. The lowest BCUT2D eigenvalue weighted by atomic mass is 10.3. The first-order chi connectivity index (χ1) is 7.50. The number of hydrogen-bond donors (Lipinski definition) is 1. The van der Waals surface area contributed by atoms with Crippen LogP contribution >= 0.6 is 0 Å². The molecule has 0 aromatic carbocycles. The third-order valence-corrected chi connectivity index (χ3v) is 4.14. The van der Waals surface area contributed by atoms with Crippen LogP contribution in [0.3, 0.4) is 0 Å². The Balaban J connectivity index is 2.20. The van der Waals surface area contributed by atoms with E-state index in [1.165, 1.54) is 0 Å². The van der Waals surface area contributed by atoms with Crippen molar-refractivity contribution in [1.82, 2.24) is 10.3 Å². The Kier molecular flexibility index (Phi) is 5.09. The van der Waals surface area contributed by atoms with Crippen LogP contribution in [0.15, 0.2) is 24.5 Å². The summed E-state index contributed by atoms with van der Waals surface area (Å²) in [6.07, 6.45) is 3.60. The number of hydrogen-bond acceptors (Lipinski definition) is 3. The highest BCUT2D eigenvalue weighted by Crippen LogP contribution is 2.10. The van der Waals surface area contributed by atoms with E-state index in [2.05, 4.69) is 10.3 Å². The van der Waals surface area contributed by atoms with Crippen LogP contribution in [0.2, 0.25) is 0 Å². The number of rotatable bonds is 5. The highest BCUT2D eigenvalue weighted by atomic mass is 32.2. The van der Waals surface area contributed by atoms with Crippen LogP contribution in [0.5, 0.6) is 0 Å². The van der Waals surface area contributed by atoms with Gasteiger partial charge in [0, 0.05) is 46.8 Å².